The van der Waals surface area contributed by atoms with Crippen molar-refractivity contribution in [2.45, 2.75) is 31.7 Å². The van der Waals surface area contributed by atoms with Gasteiger partial charge in [-0.15, -0.1) is 0 Å². The van der Waals surface area contributed by atoms with Crippen molar-refractivity contribution < 1.29 is 0 Å². The Morgan fingerprint density at radius 3 is 2.67 bits per heavy atom. The lowest BCUT2D eigenvalue weighted by molar-refractivity contribution is 0.483. The van der Waals surface area contributed by atoms with Gasteiger partial charge in [-0.1, -0.05) is 30.5 Å². The third kappa shape index (κ3) is 1.68. The van der Waals surface area contributed by atoms with Gasteiger partial charge < -0.3 is 4.98 Å². The van der Waals surface area contributed by atoms with E-state index in [0.29, 0.717) is 15.9 Å². The highest BCUT2D eigenvalue weighted by atomic mass is 35.5. The summed E-state index contributed by atoms with van der Waals surface area (Å²) in [4.78, 5) is 27.1. The van der Waals surface area contributed by atoms with Gasteiger partial charge in [0.1, 0.15) is 0 Å². The summed E-state index contributed by atoms with van der Waals surface area (Å²) >= 11 is 5.99. The van der Waals surface area contributed by atoms with Crippen LogP contribution in [0.15, 0.2) is 27.8 Å². The molecule has 1 N–H and O–H groups in total. The van der Waals surface area contributed by atoms with Crippen molar-refractivity contribution >= 4 is 22.5 Å². The second-order valence-electron chi connectivity index (χ2n) is 4.71. The third-order valence-electron chi connectivity index (χ3n) is 3.60. The summed E-state index contributed by atoms with van der Waals surface area (Å²) in [5.74, 6) is 0. The first-order valence-corrected chi connectivity index (χ1v) is 6.49. The van der Waals surface area contributed by atoms with Gasteiger partial charge in [-0.25, -0.2) is 4.79 Å². The smallest absolute Gasteiger partial charge is 0.305 e. The van der Waals surface area contributed by atoms with E-state index in [1.165, 1.54) is 4.57 Å². The molecule has 0 bridgehead atoms. The topological polar surface area (TPSA) is 54.9 Å². The van der Waals surface area contributed by atoms with Crippen molar-refractivity contribution in [1.29, 1.82) is 0 Å². The average Bonchev–Trinajstić information content (AvgIpc) is 2.84. The molecule has 5 heteroatoms. The van der Waals surface area contributed by atoms with Gasteiger partial charge in [-0.2, -0.15) is 0 Å². The number of aromatic amines is 1. The van der Waals surface area contributed by atoms with Gasteiger partial charge >= 0.3 is 5.69 Å². The fourth-order valence-corrected chi connectivity index (χ4v) is 2.93. The average molecular weight is 265 g/mol. The summed E-state index contributed by atoms with van der Waals surface area (Å²) in [6, 6.07) is 5.12. The van der Waals surface area contributed by atoms with Crippen LogP contribution in [0.2, 0.25) is 5.02 Å². The molecule has 1 aromatic carbocycles. The van der Waals surface area contributed by atoms with Gasteiger partial charge in [-0.05, 0) is 25.0 Å². The summed E-state index contributed by atoms with van der Waals surface area (Å²) in [6.07, 6.45) is 3.94. The lowest BCUT2D eigenvalue weighted by Crippen LogP contribution is -2.37. The van der Waals surface area contributed by atoms with Crippen LogP contribution >= 0.6 is 11.6 Å². The van der Waals surface area contributed by atoms with Gasteiger partial charge in [0.25, 0.3) is 5.56 Å². The summed E-state index contributed by atoms with van der Waals surface area (Å²) < 4.78 is 1.35. The minimum atomic E-state index is -0.354. The molecule has 2 aromatic rings. The number of H-pyrrole nitrogens is 1. The van der Waals surface area contributed by atoms with Crippen LogP contribution in [0.5, 0.6) is 0 Å². The first-order valence-electron chi connectivity index (χ1n) is 6.11. The van der Waals surface area contributed by atoms with Gasteiger partial charge in [-0.3, -0.25) is 9.36 Å². The molecular weight excluding hydrogens is 252 g/mol. The van der Waals surface area contributed by atoms with Crippen molar-refractivity contribution in [1.82, 2.24) is 9.55 Å². The Morgan fingerprint density at radius 2 is 1.94 bits per heavy atom. The maximum absolute atomic E-state index is 12.4. The van der Waals surface area contributed by atoms with E-state index < -0.39 is 0 Å². The minimum Gasteiger partial charge on any atom is -0.305 e. The zero-order chi connectivity index (χ0) is 12.7. The number of para-hydroxylation sites is 1. The minimum absolute atomic E-state index is 0.0321. The molecular formula is C13H13ClN2O2. The number of halogens is 1. The largest absolute Gasteiger partial charge is 0.329 e. The normalized spacial score (nSPS) is 16.5. The molecule has 0 aliphatic heterocycles. The van der Waals surface area contributed by atoms with E-state index in [2.05, 4.69) is 4.98 Å². The Kier molecular flexibility index (Phi) is 2.74. The van der Waals surface area contributed by atoms with Gasteiger partial charge in [0.15, 0.2) is 0 Å². The van der Waals surface area contributed by atoms with Crippen LogP contribution in [0.4, 0.5) is 0 Å². The standard InChI is InChI=1S/C13H13ClN2O2/c14-10-7-3-6-9-11(10)15-13(18)16(12(9)17)8-4-1-2-5-8/h3,6-8H,1-2,4-5H2,(H,15,18). The zero-order valence-corrected chi connectivity index (χ0v) is 10.5. The molecule has 0 amide bonds. The molecule has 1 aliphatic rings. The number of hydrogen-bond donors (Lipinski definition) is 1. The first-order chi connectivity index (χ1) is 8.68. The Labute approximate surface area is 108 Å². The van der Waals surface area contributed by atoms with E-state index in [1.807, 2.05) is 0 Å². The summed E-state index contributed by atoms with van der Waals surface area (Å²) in [6.45, 7) is 0. The molecule has 3 rings (SSSR count). The lowest BCUT2D eigenvalue weighted by Gasteiger charge is -2.13. The first kappa shape index (κ1) is 11.5. The van der Waals surface area contributed by atoms with E-state index >= 15 is 0 Å². The van der Waals surface area contributed by atoms with Crippen LogP contribution in [0.3, 0.4) is 0 Å². The van der Waals surface area contributed by atoms with E-state index in [9.17, 15) is 9.59 Å². The summed E-state index contributed by atoms with van der Waals surface area (Å²) in [5, 5.41) is 0.884. The number of nitrogens with zero attached hydrogens (tertiary/aromatic N) is 1. The maximum Gasteiger partial charge on any atom is 0.329 e. The van der Waals surface area contributed by atoms with Gasteiger partial charge in [0.05, 0.1) is 15.9 Å². The van der Waals surface area contributed by atoms with Crippen molar-refractivity contribution in [3.63, 3.8) is 0 Å². The summed E-state index contributed by atoms with van der Waals surface area (Å²) in [7, 11) is 0. The van der Waals surface area contributed by atoms with Crippen molar-refractivity contribution in [3.05, 3.63) is 44.1 Å². The van der Waals surface area contributed by atoms with Crippen LogP contribution in [-0.2, 0) is 0 Å². The van der Waals surface area contributed by atoms with Crippen LogP contribution < -0.4 is 11.2 Å². The second-order valence-corrected chi connectivity index (χ2v) is 5.11. The van der Waals surface area contributed by atoms with E-state index in [-0.39, 0.29) is 17.3 Å². The molecule has 0 saturated heterocycles. The molecule has 0 atom stereocenters. The van der Waals surface area contributed by atoms with E-state index in [0.717, 1.165) is 25.7 Å². The predicted octanol–water partition coefficient (Wildman–Crippen LogP) is 2.46. The molecule has 0 radical (unpaired) electrons. The number of fused-ring (bicyclic) bond motifs is 1. The molecule has 0 spiro atoms. The molecule has 18 heavy (non-hydrogen) atoms. The number of aromatic nitrogens is 2. The highest BCUT2D eigenvalue weighted by Gasteiger charge is 2.21. The molecule has 4 nitrogen and oxygen atoms in total. The number of hydrogen-bond acceptors (Lipinski definition) is 2. The Morgan fingerprint density at radius 1 is 1.22 bits per heavy atom. The quantitative estimate of drug-likeness (QED) is 0.860. The highest BCUT2D eigenvalue weighted by molar-refractivity contribution is 6.34. The van der Waals surface area contributed by atoms with Crippen LogP contribution in [0.1, 0.15) is 31.7 Å². The van der Waals surface area contributed by atoms with E-state index in [1.54, 1.807) is 18.2 Å². The van der Waals surface area contributed by atoms with Crippen molar-refractivity contribution in [3.8, 4) is 0 Å². The highest BCUT2D eigenvalue weighted by Crippen LogP contribution is 2.27. The number of nitrogens with one attached hydrogen (secondary N) is 1. The van der Waals surface area contributed by atoms with E-state index in [4.69, 9.17) is 11.6 Å². The van der Waals surface area contributed by atoms with Crippen molar-refractivity contribution in [2.24, 2.45) is 0 Å². The van der Waals surface area contributed by atoms with Crippen LogP contribution in [0, 0.1) is 0 Å². The zero-order valence-electron chi connectivity index (χ0n) is 9.78. The SMILES string of the molecule is O=c1[nH]c2c(Cl)cccc2c(=O)n1C1CCCC1. The molecule has 1 aliphatic carbocycles. The second kappa shape index (κ2) is 4.28. The van der Waals surface area contributed by atoms with Gasteiger partial charge in [0, 0.05) is 6.04 Å². The predicted molar refractivity (Wildman–Crippen MR) is 71.3 cm³/mol. The Balaban J connectivity index is 2.34. The molecule has 1 fully saturated rings. The molecule has 94 valence electrons. The Hall–Kier alpha value is -1.55. The fraction of sp³-hybridized carbons (Fsp3) is 0.385. The molecule has 1 aromatic heterocycles. The molecule has 1 saturated carbocycles. The monoisotopic (exact) mass is 264 g/mol. The number of benzene rings is 1. The van der Waals surface area contributed by atoms with Crippen molar-refractivity contribution in [2.75, 3.05) is 0 Å². The summed E-state index contributed by atoms with van der Waals surface area (Å²) in [5.41, 5.74) is -0.154. The third-order valence-corrected chi connectivity index (χ3v) is 3.92. The lowest BCUT2D eigenvalue weighted by atomic mass is 10.2. The van der Waals surface area contributed by atoms with Gasteiger partial charge in [0.2, 0.25) is 0 Å². The molecule has 1 heterocycles. The van der Waals surface area contributed by atoms with Crippen LogP contribution in [-0.4, -0.2) is 9.55 Å². The number of rotatable bonds is 1. The molecule has 0 unspecified atom stereocenters. The fourth-order valence-electron chi connectivity index (χ4n) is 2.71. The Bertz CT molecular complexity index is 711. The van der Waals surface area contributed by atoms with Crippen LogP contribution in [0.25, 0.3) is 10.9 Å². The maximum atomic E-state index is 12.4.